The van der Waals surface area contributed by atoms with Gasteiger partial charge in [0.1, 0.15) is 10.6 Å². The summed E-state index contributed by atoms with van der Waals surface area (Å²) in [6.45, 7) is 1.54. The van der Waals surface area contributed by atoms with Gasteiger partial charge in [-0.05, 0) is 30.3 Å². The highest BCUT2D eigenvalue weighted by atomic mass is 32.2. The molecule has 1 unspecified atom stereocenters. The Balaban J connectivity index is 1.74. The van der Waals surface area contributed by atoms with Crippen LogP contribution in [-0.2, 0) is 24.8 Å². The minimum Gasteiger partial charge on any atom is -0.495 e. The molecule has 1 N–H and O–H groups in total. The van der Waals surface area contributed by atoms with Crippen LogP contribution in [0.2, 0.25) is 0 Å². The number of sulfonamides is 2. The smallest absolute Gasteiger partial charge is 0.265 e. The Hall–Kier alpha value is -2.99. The molecule has 2 aliphatic heterocycles. The summed E-state index contributed by atoms with van der Waals surface area (Å²) < 4.78 is 69.5. The third kappa shape index (κ3) is 3.41. The maximum Gasteiger partial charge on any atom is 0.265 e. The van der Waals surface area contributed by atoms with Gasteiger partial charge in [-0.25, -0.2) is 21.1 Å². The van der Waals surface area contributed by atoms with Gasteiger partial charge in [-0.15, -0.1) is 0 Å². The molecule has 1 fully saturated rings. The Labute approximate surface area is 173 Å². The number of amides is 1. The van der Waals surface area contributed by atoms with E-state index in [2.05, 4.69) is 4.72 Å². The standard InChI is InChI=1S/C18H18N2O8S2/c1-11-9-29(22,23)20(18(11)21)13-4-6-15(26-2)17(8-13)30(24,25)19-12-3-5-14-16(7-12)28-10-27-14/h3-8,11,19H,9-10H2,1-2H3. The van der Waals surface area contributed by atoms with Crippen LogP contribution in [0.1, 0.15) is 6.92 Å². The van der Waals surface area contributed by atoms with Crippen molar-refractivity contribution in [2.75, 3.05) is 28.7 Å². The van der Waals surface area contributed by atoms with Gasteiger partial charge in [-0.1, -0.05) is 6.92 Å². The van der Waals surface area contributed by atoms with Crippen molar-refractivity contribution in [1.82, 2.24) is 0 Å². The van der Waals surface area contributed by atoms with Crippen LogP contribution >= 0.6 is 0 Å². The number of methoxy groups -OCH3 is 1. The lowest BCUT2D eigenvalue weighted by molar-refractivity contribution is -0.119. The van der Waals surface area contributed by atoms with Gasteiger partial charge in [0.05, 0.1) is 30.2 Å². The zero-order valence-electron chi connectivity index (χ0n) is 16.0. The van der Waals surface area contributed by atoms with Crippen molar-refractivity contribution in [2.45, 2.75) is 11.8 Å². The third-order valence-electron chi connectivity index (χ3n) is 4.66. The second-order valence-electron chi connectivity index (χ2n) is 6.79. The van der Waals surface area contributed by atoms with E-state index in [4.69, 9.17) is 14.2 Å². The summed E-state index contributed by atoms with van der Waals surface area (Å²) in [5, 5.41) is 0. The molecular formula is C18H18N2O8S2. The second-order valence-corrected chi connectivity index (χ2v) is 10.3. The number of hydrogen-bond acceptors (Lipinski definition) is 8. The van der Waals surface area contributed by atoms with Crippen LogP contribution in [0.5, 0.6) is 17.2 Å². The monoisotopic (exact) mass is 454 g/mol. The fourth-order valence-corrected chi connectivity index (χ4v) is 6.31. The van der Waals surface area contributed by atoms with E-state index in [0.717, 1.165) is 6.07 Å². The molecule has 1 amide bonds. The summed E-state index contributed by atoms with van der Waals surface area (Å²) in [4.78, 5) is 12.0. The van der Waals surface area contributed by atoms with Gasteiger partial charge in [-0.3, -0.25) is 9.52 Å². The minimum atomic E-state index is -4.20. The first kappa shape index (κ1) is 20.3. The van der Waals surface area contributed by atoms with E-state index in [1.165, 1.54) is 38.3 Å². The maximum absolute atomic E-state index is 13.0. The fourth-order valence-electron chi connectivity index (χ4n) is 3.26. The summed E-state index contributed by atoms with van der Waals surface area (Å²) in [7, 11) is -6.80. The molecule has 2 heterocycles. The molecule has 1 saturated heterocycles. The average molecular weight is 454 g/mol. The maximum atomic E-state index is 13.0. The van der Waals surface area contributed by atoms with E-state index in [-0.39, 0.29) is 34.6 Å². The molecule has 0 spiro atoms. The largest absolute Gasteiger partial charge is 0.495 e. The zero-order valence-corrected chi connectivity index (χ0v) is 17.6. The summed E-state index contributed by atoms with van der Waals surface area (Å²) in [5.74, 6) is -0.807. The van der Waals surface area contributed by atoms with Crippen LogP contribution in [0.15, 0.2) is 41.3 Å². The van der Waals surface area contributed by atoms with Crippen molar-refractivity contribution in [3.8, 4) is 17.2 Å². The molecule has 0 bridgehead atoms. The highest BCUT2D eigenvalue weighted by Gasteiger charge is 2.42. The van der Waals surface area contributed by atoms with E-state index < -0.39 is 31.9 Å². The zero-order chi connectivity index (χ0) is 21.7. The van der Waals surface area contributed by atoms with Crippen molar-refractivity contribution < 1.29 is 35.8 Å². The molecule has 2 aliphatic rings. The average Bonchev–Trinajstić information content (AvgIpc) is 3.22. The van der Waals surface area contributed by atoms with Gasteiger partial charge in [0, 0.05) is 6.07 Å². The molecule has 30 heavy (non-hydrogen) atoms. The first-order valence-corrected chi connectivity index (χ1v) is 11.9. The van der Waals surface area contributed by atoms with Crippen LogP contribution in [0.3, 0.4) is 0 Å². The number of nitrogens with one attached hydrogen (secondary N) is 1. The highest BCUT2D eigenvalue weighted by molar-refractivity contribution is 7.94. The SMILES string of the molecule is COc1ccc(N2C(=O)C(C)CS2(=O)=O)cc1S(=O)(=O)Nc1ccc2c(c1)OCO2. The summed E-state index contributed by atoms with van der Waals surface area (Å²) in [6.07, 6.45) is 0. The normalized spacial score (nSPS) is 19.7. The molecule has 4 rings (SSSR count). The third-order valence-corrected chi connectivity index (χ3v) is 7.93. The van der Waals surface area contributed by atoms with Gasteiger partial charge in [-0.2, -0.15) is 0 Å². The van der Waals surface area contributed by atoms with E-state index in [9.17, 15) is 21.6 Å². The van der Waals surface area contributed by atoms with Crippen molar-refractivity contribution in [3.05, 3.63) is 36.4 Å². The Morgan fingerprint density at radius 2 is 1.87 bits per heavy atom. The molecule has 12 heteroatoms. The number of carbonyl (C=O) groups is 1. The number of fused-ring (bicyclic) bond motifs is 1. The van der Waals surface area contributed by atoms with Crippen LogP contribution in [0.4, 0.5) is 11.4 Å². The van der Waals surface area contributed by atoms with Gasteiger partial charge < -0.3 is 14.2 Å². The van der Waals surface area contributed by atoms with Gasteiger partial charge in [0.25, 0.3) is 10.0 Å². The molecule has 0 saturated carbocycles. The topological polar surface area (TPSA) is 128 Å². The molecule has 1 atom stereocenters. The van der Waals surface area contributed by atoms with Gasteiger partial charge >= 0.3 is 0 Å². The van der Waals surface area contributed by atoms with E-state index in [1.807, 2.05) is 0 Å². The molecule has 2 aromatic carbocycles. The molecule has 10 nitrogen and oxygen atoms in total. The van der Waals surface area contributed by atoms with Crippen molar-refractivity contribution in [3.63, 3.8) is 0 Å². The molecule has 160 valence electrons. The van der Waals surface area contributed by atoms with Gasteiger partial charge in [0.2, 0.25) is 22.7 Å². The number of hydrogen-bond donors (Lipinski definition) is 1. The van der Waals surface area contributed by atoms with Crippen molar-refractivity contribution in [2.24, 2.45) is 5.92 Å². The van der Waals surface area contributed by atoms with Crippen LogP contribution in [-0.4, -0.2) is 42.4 Å². The van der Waals surface area contributed by atoms with Crippen LogP contribution in [0, 0.1) is 5.92 Å². The van der Waals surface area contributed by atoms with E-state index in [1.54, 1.807) is 6.07 Å². The lowest BCUT2D eigenvalue weighted by atomic mass is 10.2. The highest BCUT2D eigenvalue weighted by Crippen LogP contribution is 2.37. The van der Waals surface area contributed by atoms with Crippen molar-refractivity contribution in [1.29, 1.82) is 0 Å². The Bertz CT molecular complexity index is 1240. The molecular weight excluding hydrogens is 436 g/mol. The summed E-state index contributed by atoms with van der Waals surface area (Å²) in [6, 6.07) is 8.25. The first-order valence-electron chi connectivity index (χ1n) is 8.80. The predicted octanol–water partition coefficient (Wildman–Crippen LogP) is 1.54. The lowest BCUT2D eigenvalue weighted by Crippen LogP contribution is -2.30. The Morgan fingerprint density at radius 1 is 1.13 bits per heavy atom. The molecule has 0 aromatic heterocycles. The second kappa shape index (κ2) is 7.06. The first-order chi connectivity index (χ1) is 14.1. The summed E-state index contributed by atoms with van der Waals surface area (Å²) in [5.41, 5.74) is 0.140. The predicted molar refractivity (Wildman–Crippen MR) is 107 cm³/mol. The number of anilines is 2. The van der Waals surface area contributed by atoms with Crippen LogP contribution < -0.4 is 23.2 Å². The molecule has 2 aromatic rings. The number of benzene rings is 2. The number of carbonyl (C=O) groups excluding carboxylic acids is 1. The fraction of sp³-hybridized carbons (Fsp3) is 0.278. The number of ether oxygens (including phenoxy) is 3. The number of nitrogens with zero attached hydrogens (tertiary/aromatic N) is 1. The Kier molecular flexibility index (Phi) is 4.77. The molecule has 0 aliphatic carbocycles. The lowest BCUT2D eigenvalue weighted by Gasteiger charge is -2.18. The minimum absolute atomic E-state index is 0.0101. The quantitative estimate of drug-likeness (QED) is 0.720. The van der Waals surface area contributed by atoms with Gasteiger partial charge in [0.15, 0.2) is 11.5 Å². The number of rotatable bonds is 5. The van der Waals surface area contributed by atoms with Crippen molar-refractivity contribution >= 4 is 37.3 Å². The van der Waals surface area contributed by atoms with Crippen LogP contribution in [0.25, 0.3) is 0 Å². The van der Waals surface area contributed by atoms with E-state index >= 15 is 0 Å². The Morgan fingerprint density at radius 3 is 2.53 bits per heavy atom. The summed E-state index contributed by atoms with van der Waals surface area (Å²) >= 11 is 0. The molecule has 0 radical (unpaired) electrons. The van der Waals surface area contributed by atoms with E-state index in [0.29, 0.717) is 15.8 Å².